The van der Waals surface area contributed by atoms with Gasteiger partial charge in [0.25, 0.3) is 0 Å². The molecule has 1 amide bonds. The van der Waals surface area contributed by atoms with E-state index >= 15 is 0 Å². The van der Waals surface area contributed by atoms with Gasteiger partial charge >= 0.3 is 0 Å². The number of ether oxygens (including phenoxy) is 3. The zero-order valence-electron chi connectivity index (χ0n) is 14.7. The molecule has 0 aromatic heterocycles. The highest BCUT2D eigenvalue weighted by Gasteiger charge is 2.30. The Morgan fingerprint density at radius 3 is 2.50 bits per heavy atom. The predicted molar refractivity (Wildman–Crippen MR) is 90.6 cm³/mol. The van der Waals surface area contributed by atoms with Crippen molar-refractivity contribution in [2.45, 2.75) is 19.4 Å². The van der Waals surface area contributed by atoms with Gasteiger partial charge in [0.15, 0.2) is 11.5 Å². The summed E-state index contributed by atoms with van der Waals surface area (Å²) >= 11 is 0. The molecule has 0 bridgehead atoms. The highest BCUT2D eigenvalue weighted by Crippen LogP contribution is 2.37. The lowest BCUT2D eigenvalue weighted by Crippen LogP contribution is -2.47. The van der Waals surface area contributed by atoms with Crippen molar-refractivity contribution in [3.8, 4) is 11.5 Å². The lowest BCUT2D eigenvalue weighted by atomic mass is 9.92. The van der Waals surface area contributed by atoms with Crippen LogP contribution >= 0.6 is 0 Å². The van der Waals surface area contributed by atoms with Crippen LogP contribution in [0.25, 0.3) is 0 Å². The van der Waals surface area contributed by atoms with Crippen LogP contribution in [-0.4, -0.2) is 69.3 Å². The molecule has 132 valence electrons. The van der Waals surface area contributed by atoms with Crippen molar-refractivity contribution in [3.05, 3.63) is 23.3 Å². The van der Waals surface area contributed by atoms with Crippen LogP contribution in [-0.2, 0) is 16.0 Å². The first kappa shape index (κ1) is 17.0. The summed E-state index contributed by atoms with van der Waals surface area (Å²) in [6.45, 7) is 6.38. The molecular formula is C18H26N2O4. The van der Waals surface area contributed by atoms with Gasteiger partial charge in [-0.2, -0.15) is 0 Å². The normalized spacial score (nSPS) is 21.3. The predicted octanol–water partition coefficient (Wildman–Crippen LogP) is 1.48. The van der Waals surface area contributed by atoms with Crippen LogP contribution < -0.4 is 9.47 Å². The van der Waals surface area contributed by atoms with Crippen molar-refractivity contribution in [2.24, 2.45) is 0 Å². The van der Waals surface area contributed by atoms with Crippen molar-refractivity contribution in [3.63, 3.8) is 0 Å². The molecule has 1 aromatic rings. The highest BCUT2D eigenvalue weighted by molar-refractivity contribution is 5.79. The molecule has 6 heteroatoms. The number of fused-ring (bicyclic) bond motifs is 1. The number of carbonyl (C=O) groups is 1. The number of hydrogen-bond donors (Lipinski definition) is 0. The van der Waals surface area contributed by atoms with E-state index in [1.807, 2.05) is 17.0 Å². The Balaban J connectivity index is 1.75. The van der Waals surface area contributed by atoms with Crippen LogP contribution in [0.2, 0.25) is 0 Å². The Hall–Kier alpha value is -1.79. The molecule has 1 aromatic carbocycles. The standard InChI is InChI=1S/C18H26N2O4/c1-13-15-11-17(23-3)16(22-2)10-14(15)4-5-20(13)18(21)12-19-6-8-24-9-7-19/h10-11,13H,4-9,12H2,1-3H3. The fraction of sp³-hybridized carbons (Fsp3) is 0.611. The molecule has 0 spiro atoms. The van der Waals surface area contributed by atoms with E-state index in [2.05, 4.69) is 11.8 Å². The van der Waals surface area contributed by atoms with Gasteiger partial charge in [-0.15, -0.1) is 0 Å². The summed E-state index contributed by atoms with van der Waals surface area (Å²) in [5, 5.41) is 0. The summed E-state index contributed by atoms with van der Waals surface area (Å²) in [6.07, 6.45) is 0.842. The van der Waals surface area contributed by atoms with Gasteiger partial charge < -0.3 is 19.1 Å². The number of carbonyl (C=O) groups excluding carboxylic acids is 1. The first-order chi connectivity index (χ1) is 11.6. The number of methoxy groups -OCH3 is 2. The van der Waals surface area contributed by atoms with Crippen LogP contribution in [0, 0.1) is 0 Å². The van der Waals surface area contributed by atoms with Gasteiger partial charge in [0.1, 0.15) is 0 Å². The molecule has 24 heavy (non-hydrogen) atoms. The maximum absolute atomic E-state index is 12.8. The minimum absolute atomic E-state index is 0.0436. The van der Waals surface area contributed by atoms with Crippen LogP contribution in [0.1, 0.15) is 24.1 Å². The van der Waals surface area contributed by atoms with Crippen molar-refractivity contribution in [1.29, 1.82) is 0 Å². The molecule has 0 saturated carbocycles. The van der Waals surface area contributed by atoms with Gasteiger partial charge in [-0.25, -0.2) is 0 Å². The molecule has 6 nitrogen and oxygen atoms in total. The zero-order valence-corrected chi connectivity index (χ0v) is 14.7. The molecule has 2 aliphatic heterocycles. The molecule has 1 saturated heterocycles. The van der Waals surface area contributed by atoms with Crippen LogP contribution in [0.4, 0.5) is 0 Å². The second-order valence-corrected chi connectivity index (χ2v) is 6.31. The van der Waals surface area contributed by atoms with Gasteiger partial charge in [-0.05, 0) is 36.6 Å². The van der Waals surface area contributed by atoms with E-state index in [4.69, 9.17) is 14.2 Å². The van der Waals surface area contributed by atoms with E-state index in [0.717, 1.165) is 37.4 Å². The van der Waals surface area contributed by atoms with E-state index in [-0.39, 0.29) is 11.9 Å². The van der Waals surface area contributed by atoms with Gasteiger partial charge in [-0.1, -0.05) is 0 Å². The summed E-state index contributed by atoms with van der Waals surface area (Å²) in [7, 11) is 3.29. The van der Waals surface area contributed by atoms with Crippen molar-refractivity contribution >= 4 is 5.91 Å². The second kappa shape index (κ2) is 7.40. The van der Waals surface area contributed by atoms with Crippen molar-refractivity contribution in [2.75, 3.05) is 53.6 Å². The molecule has 0 aliphatic carbocycles. The summed E-state index contributed by atoms with van der Waals surface area (Å²) in [6, 6.07) is 4.09. The van der Waals surface area contributed by atoms with E-state index in [1.54, 1.807) is 14.2 Å². The van der Waals surface area contributed by atoms with Crippen molar-refractivity contribution < 1.29 is 19.0 Å². The SMILES string of the molecule is COc1cc2c(cc1OC)C(C)N(C(=O)CN1CCOCC1)CC2. The molecule has 1 unspecified atom stereocenters. The minimum Gasteiger partial charge on any atom is -0.493 e. The number of rotatable bonds is 4. The van der Waals surface area contributed by atoms with E-state index in [0.29, 0.717) is 25.5 Å². The molecular weight excluding hydrogens is 308 g/mol. The molecule has 1 atom stereocenters. The average Bonchev–Trinajstić information content (AvgIpc) is 2.61. The molecule has 0 N–H and O–H groups in total. The van der Waals surface area contributed by atoms with Crippen molar-refractivity contribution in [1.82, 2.24) is 9.80 Å². The van der Waals surface area contributed by atoms with E-state index in [9.17, 15) is 4.79 Å². The Labute approximate surface area is 143 Å². The number of benzene rings is 1. The Bertz CT molecular complexity index is 599. The van der Waals surface area contributed by atoms with Gasteiger partial charge in [0.05, 0.1) is 40.0 Å². The van der Waals surface area contributed by atoms with Gasteiger partial charge in [0, 0.05) is 19.6 Å². The monoisotopic (exact) mass is 334 g/mol. The third-order valence-electron chi connectivity index (χ3n) is 4.97. The first-order valence-corrected chi connectivity index (χ1v) is 8.48. The summed E-state index contributed by atoms with van der Waals surface area (Å²) in [4.78, 5) is 16.9. The van der Waals surface area contributed by atoms with Crippen LogP contribution in [0.5, 0.6) is 11.5 Å². The average molecular weight is 334 g/mol. The molecule has 1 fully saturated rings. The Morgan fingerprint density at radius 2 is 1.83 bits per heavy atom. The highest BCUT2D eigenvalue weighted by atomic mass is 16.5. The molecule has 2 aliphatic rings. The maximum Gasteiger partial charge on any atom is 0.237 e. The quantitative estimate of drug-likeness (QED) is 0.835. The third kappa shape index (κ3) is 3.35. The fourth-order valence-electron chi connectivity index (χ4n) is 3.53. The number of nitrogens with zero attached hydrogens (tertiary/aromatic N) is 2. The summed E-state index contributed by atoms with van der Waals surface area (Å²) < 4.78 is 16.2. The summed E-state index contributed by atoms with van der Waals surface area (Å²) in [5.41, 5.74) is 2.38. The van der Waals surface area contributed by atoms with E-state index in [1.165, 1.54) is 5.56 Å². The summed E-state index contributed by atoms with van der Waals surface area (Å²) in [5.74, 6) is 1.65. The molecule has 3 rings (SSSR count). The molecule has 0 radical (unpaired) electrons. The maximum atomic E-state index is 12.8. The van der Waals surface area contributed by atoms with Gasteiger partial charge in [0.2, 0.25) is 5.91 Å². The van der Waals surface area contributed by atoms with Crippen LogP contribution in [0.15, 0.2) is 12.1 Å². The third-order valence-corrected chi connectivity index (χ3v) is 4.97. The zero-order chi connectivity index (χ0) is 17.1. The number of morpholine rings is 1. The van der Waals surface area contributed by atoms with E-state index < -0.39 is 0 Å². The Morgan fingerprint density at radius 1 is 1.17 bits per heavy atom. The topological polar surface area (TPSA) is 51.2 Å². The Kier molecular flexibility index (Phi) is 5.26. The minimum atomic E-state index is 0.0436. The molecule has 2 heterocycles. The van der Waals surface area contributed by atoms with Crippen LogP contribution in [0.3, 0.4) is 0 Å². The lowest BCUT2D eigenvalue weighted by Gasteiger charge is -2.37. The number of hydrogen-bond acceptors (Lipinski definition) is 5. The van der Waals surface area contributed by atoms with Gasteiger partial charge in [-0.3, -0.25) is 9.69 Å². The largest absolute Gasteiger partial charge is 0.493 e. The fourth-order valence-corrected chi connectivity index (χ4v) is 3.53. The lowest BCUT2D eigenvalue weighted by molar-refractivity contribution is -0.136. The number of amides is 1. The second-order valence-electron chi connectivity index (χ2n) is 6.31. The first-order valence-electron chi connectivity index (χ1n) is 8.48. The smallest absolute Gasteiger partial charge is 0.237 e.